The molecule has 0 amide bonds. The molecule has 7 nitrogen and oxygen atoms in total. The summed E-state index contributed by atoms with van der Waals surface area (Å²) in [5.74, 6) is 3.67. The predicted molar refractivity (Wildman–Crippen MR) is 140 cm³/mol. The molecule has 3 rings (SSSR count). The minimum atomic E-state index is -1.09. The molecule has 0 spiro atoms. The molecular weight excluding hydrogens is 519 g/mol. The summed E-state index contributed by atoms with van der Waals surface area (Å²) in [5.41, 5.74) is 0.848. The minimum absolute atomic E-state index is 0. The monoisotopic (exact) mass is 556 g/mol. The Morgan fingerprint density at radius 3 is 2.72 bits per heavy atom. The number of aliphatic hydroxyl groups is 1. The third-order valence-corrected chi connectivity index (χ3v) is 5.78. The van der Waals surface area contributed by atoms with Crippen LogP contribution < -0.4 is 20.3 Å². The topological polar surface area (TPSA) is 82.3 Å². The average molecular weight is 556 g/mol. The van der Waals surface area contributed by atoms with Gasteiger partial charge in [0.05, 0.1) is 19.3 Å². The second-order valence-electron chi connectivity index (χ2n) is 8.45. The second kappa shape index (κ2) is 11.8. The van der Waals surface area contributed by atoms with Crippen molar-refractivity contribution in [3.05, 3.63) is 47.4 Å². The smallest absolute Gasteiger partial charge is 0.191 e. The van der Waals surface area contributed by atoms with Crippen molar-refractivity contribution in [2.24, 2.45) is 10.9 Å². The van der Waals surface area contributed by atoms with Gasteiger partial charge in [0.25, 0.3) is 0 Å². The molecular formula is C24H37IN4O3. The van der Waals surface area contributed by atoms with E-state index in [-0.39, 0.29) is 30.5 Å². The Labute approximate surface area is 208 Å². The highest BCUT2D eigenvalue weighted by Crippen LogP contribution is 2.32. The van der Waals surface area contributed by atoms with Gasteiger partial charge in [-0.3, -0.25) is 0 Å². The maximum absolute atomic E-state index is 10.9. The molecule has 3 N–H and O–H groups in total. The zero-order chi connectivity index (χ0) is 22.4. The molecule has 0 bridgehead atoms. The molecule has 2 heterocycles. The first-order chi connectivity index (χ1) is 14.8. The number of para-hydroxylation sites is 2. The van der Waals surface area contributed by atoms with Crippen molar-refractivity contribution < 1.29 is 14.3 Å². The molecule has 0 radical (unpaired) electrons. The predicted octanol–water partition coefficient (Wildman–Crippen LogP) is 3.81. The van der Waals surface area contributed by atoms with Gasteiger partial charge in [0.15, 0.2) is 5.96 Å². The van der Waals surface area contributed by atoms with Gasteiger partial charge < -0.3 is 29.8 Å². The third kappa shape index (κ3) is 6.54. The summed E-state index contributed by atoms with van der Waals surface area (Å²) >= 11 is 0. The number of aryl methyl sites for hydroxylation is 2. The van der Waals surface area contributed by atoms with Crippen LogP contribution in [0, 0.1) is 19.8 Å². The van der Waals surface area contributed by atoms with E-state index in [2.05, 4.69) is 32.7 Å². The second-order valence-corrected chi connectivity index (χ2v) is 8.45. The zero-order valence-corrected chi connectivity index (χ0v) is 22.1. The summed E-state index contributed by atoms with van der Waals surface area (Å²) in [5, 5.41) is 17.7. The fourth-order valence-corrected chi connectivity index (χ4v) is 4.18. The average Bonchev–Trinajstić information content (AvgIpc) is 3.36. The highest BCUT2D eigenvalue weighted by Gasteiger charge is 2.28. The molecule has 1 aromatic heterocycles. The van der Waals surface area contributed by atoms with Crippen LogP contribution in [0.15, 0.2) is 39.7 Å². The molecule has 2 atom stereocenters. The van der Waals surface area contributed by atoms with Gasteiger partial charge in [0, 0.05) is 31.7 Å². The van der Waals surface area contributed by atoms with Crippen molar-refractivity contribution in [3.63, 3.8) is 0 Å². The quantitative estimate of drug-likeness (QED) is 0.261. The number of anilines is 1. The first kappa shape index (κ1) is 26.3. The van der Waals surface area contributed by atoms with Crippen molar-refractivity contribution in [1.82, 2.24) is 10.6 Å². The van der Waals surface area contributed by atoms with Crippen molar-refractivity contribution >= 4 is 35.6 Å². The Bertz CT molecular complexity index is 897. The first-order valence-corrected chi connectivity index (χ1v) is 11.0. The van der Waals surface area contributed by atoms with E-state index in [0.717, 1.165) is 67.1 Å². The Morgan fingerprint density at radius 1 is 1.31 bits per heavy atom. The van der Waals surface area contributed by atoms with Crippen LogP contribution in [0.3, 0.4) is 0 Å². The molecule has 32 heavy (non-hydrogen) atoms. The maximum atomic E-state index is 10.9. The number of furan rings is 1. The van der Waals surface area contributed by atoms with Gasteiger partial charge in [-0.2, -0.15) is 0 Å². The van der Waals surface area contributed by atoms with E-state index in [1.165, 1.54) is 0 Å². The number of hydrogen-bond donors (Lipinski definition) is 3. The Balaban J connectivity index is 0.00000363. The number of methoxy groups -OCH3 is 1. The lowest BCUT2D eigenvalue weighted by Gasteiger charge is -2.23. The molecule has 8 heteroatoms. The van der Waals surface area contributed by atoms with Gasteiger partial charge in [-0.25, -0.2) is 4.99 Å². The molecule has 2 unspecified atom stereocenters. The van der Waals surface area contributed by atoms with E-state index in [1.807, 2.05) is 39.0 Å². The van der Waals surface area contributed by atoms with Crippen LogP contribution in [0.5, 0.6) is 5.75 Å². The van der Waals surface area contributed by atoms with Crippen molar-refractivity contribution in [2.45, 2.75) is 39.7 Å². The lowest BCUT2D eigenvalue weighted by atomic mass is 9.96. The van der Waals surface area contributed by atoms with Gasteiger partial charge in [-0.15, -0.1) is 24.0 Å². The number of nitrogens with one attached hydrogen (secondary N) is 2. The Hall–Kier alpha value is -1.94. The molecule has 178 valence electrons. The molecule has 1 saturated heterocycles. The minimum Gasteiger partial charge on any atom is -0.495 e. The maximum Gasteiger partial charge on any atom is 0.191 e. The SMILES string of the molecule is CCNC(=NCC(C)(O)c1cc(C)oc1C)NCC1CCN(c2ccccc2OC)C1.I. The Kier molecular flexibility index (Phi) is 9.69. The van der Waals surface area contributed by atoms with E-state index in [4.69, 9.17) is 9.15 Å². The normalized spacial score (nSPS) is 18.1. The number of hydrogen-bond acceptors (Lipinski definition) is 5. The molecule has 1 aromatic carbocycles. The van der Waals surface area contributed by atoms with Gasteiger partial charge >= 0.3 is 0 Å². The lowest BCUT2D eigenvalue weighted by Crippen LogP contribution is -2.41. The van der Waals surface area contributed by atoms with Crippen molar-refractivity contribution in [3.8, 4) is 5.75 Å². The lowest BCUT2D eigenvalue weighted by molar-refractivity contribution is 0.0657. The van der Waals surface area contributed by atoms with Gasteiger partial charge in [0.1, 0.15) is 22.9 Å². The van der Waals surface area contributed by atoms with Crippen molar-refractivity contribution in [2.75, 3.05) is 44.7 Å². The van der Waals surface area contributed by atoms with E-state index in [9.17, 15) is 5.11 Å². The summed E-state index contributed by atoms with van der Waals surface area (Å²) in [6.07, 6.45) is 1.11. The Morgan fingerprint density at radius 2 is 2.06 bits per heavy atom. The number of benzene rings is 1. The van der Waals surface area contributed by atoms with Crippen LogP contribution in [0.2, 0.25) is 0 Å². The fourth-order valence-electron chi connectivity index (χ4n) is 4.18. The molecule has 2 aromatic rings. The summed E-state index contributed by atoms with van der Waals surface area (Å²) in [6, 6.07) is 10.1. The van der Waals surface area contributed by atoms with Crippen LogP contribution in [0.25, 0.3) is 0 Å². The fraction of sp³-hybridized carbons (Fsp3) is 0.542. The van der Waals surface area contributed by atoms with Gasteiger partial charge in [-0.1, -0.05) is 12.1 Å². The summed E-state index contributed by atoms with van der Waals surface area (Å²) in [6.45, 7) is 11.4. The number of rotatable bonds is 8. The molecule has 1 aliphatic rings. The van der Waals surface area contributed by atoms with E-state index in [1.54, 1.807) is 14.0 Å². The van der Waals surface area contributed by atoms with Gasteiger partial charge in [-0.05, 0) is 58.2 Å². The van der Waals surface area contributed by atoms with Gasteiger partial charge in [0.2, 0.25) is 0 Å². The largest absolute Gasteiger partial charge is 0.495 e. The summed E-state index contributed by atoms with van der Waals surface area (Å²) in [7, 11) is 1.72. The van der Waals surface area contributed by atoms with E-state index in [0.29, 0.717) is 5.92 Å². The number of ether oxygens (including phenoxy) is 1. The number of aliphatic imine (C=N–C) groups is 1. The number of nitrogens with zero attached hydrogens (tertiary/aromatic N) is 2. The van der Waals surface area contributed by atoms with Crippen LogP contribution >= 0.6 is 24.0 Å². The highest BCUT2D eigenvalue weighted by atomic mass is 127. The molecule has 0 aliphatic carbocycles. The van der Waals surface area contributed by atoms with Crippen LogP contribution in [-0.4, -0.2) is 50.9 Å². The molecule has 1 fully saturated rings. The molecule has 1 aliphatic heterocycles. The van der Waals surface area contributed by atoms with Crippen LogP contribution in [0.4, 0.5) is 5.69 Å². The van der Waals surface area contributed by atoms with E-state index < -0.39 is 5.60 Å². The number of halogens is 1. The molecule has 0 saturated carbocycles. The zero-order valence-electron chi connectivity index (χ0n) is 19.8. The van der Waals surface area contributed by atoms with E-state index >= 15 is 0 Å². The van der Waals surface area contributed by atoms with Crippen LogP contribution in [-0.2, 0) is 5.60 Å². The van der Waals surface area contributed by atoms with Crippen LogP contribution in [0.1, 0.15) is 37.4 Å². The third-order valence-electron chi connectivity index (χ3n) is 5.78. The highest BCUT2D eigenvalue weighted by molar-refractivity contribution is 14.0. The summed E-state index contributed by atoms with van der Waals surface area (Å²) < 4.78 is 11.1. The number of guanidine groups is 1. The standard InChI is InChI=1S/C24H36N4O3.HI/c1-6-25-23(27-16-24(4,29)20-13-17(2)31-18(20)3)26-14-19-11-12-28(15-19)21-9-7-8-10-22(21)30-5;/h7-10,13,19,29H,6,11-12,14-16H2,1-5H3,(H2,25,26,27);1H. The first-order valence-electron chi connectivity index (χ1n) is 11.0. The van der Waals surface area contributed by atoms with Crippen molar-refractivity contribution in [1.29, 1.82) is 0 Å². The summed E-state index contributed by atoms with van der Waals surface area (Å²) in [4.78, 5) is 7.03.